The topological polar surface area (TPSA) is 61.8 Å². The molecular formula is C13H20O5S. The average molecular weight is 288 g/mol. The lowest BCUT2D eigenvalue weighted by Crippen LogP contribution is -2.32. The zero-order valence-electron chi connectivity index (χ0n) is 11.3. The summed E-state index contributed by atoms with van der Waals surface area (Å²) in [6.07, 6.45) is 0.708. The van der Waals surface area contributed by atoms with Crippen LogP contribution in [-0.4, -0.2) is 42.4 Å². The van der Waals surface area contributed by atoms with E-state index in [1.807, 2.05) is 0 Å². The van der Waals surface area contributed by atoms with Crippen LogP contribution in [0.15, 0.2) is 12.7 Å². The molecule has 0 aromatic heterocycles. The number of hydrogen-bond acceptors (Lipinski definition) is 6. The molecule has 0 aromatic carbocycles. The van der Waals surface area contributed by atoms with Gasteiger partial charge < -0.3 is 14.2 Å². The molecule has 0 bridgehead atoms. The van der Waals surface area contributed by atoms with Crippen molar-refractivity contribution in [2.45, 2.75) is 32.7 Å². The van der Waals surface area contributed by atoms with Crippen molar-refractivity contribution in [2.75, 3.05) is 18.1 Å². The summed E-state index contributed by atoms with van der Waals surface area (Å²) in [7, 11) is 0. The lowest BCUT2D eigenvalue weighted by molar-refractivity contribution is -0.179. The van der Waals surface area contributed by atoms with Gasteiger partial charge in [0.1, 0.15) is 6.10 Å². The fraction of sp³-hybridized carbons (Fsp3) is 0.692. The zero-order valence-corrected chi connectivity index (χ0v) is 12.1. The van der Waals surface area contributed by atoms with Crippen molar-refractivity contribution in [3.8, 4) is 0 Å². The summed E-state index contributed by atoms with van der Waals surface area (Å²) < 4.78 is 15.6. The third-order valence-corrected chi connectivity index (χ3v) is 3.57. The number of ether oxygens (including phenoxy) is 3. The highest BCUT2D eigenvalue weighted by atomic mass is 32.2. The predicted octanol–water partition coefficient (Wildman–Crippen LogP) is 1.76. The summed E-state index contributed by atoms with van der Waals surface area (Å²) in [5.74, 6) is 0.440. The highest BCUT2D eigenvalue weighted by Gasteiger charge is 2.24. The first kappa shape index (κ1) is 16.0. The molecule has 3 atom stereocenters. The predicted molar refractivity (Wildman–Crippen MR) is 72.7 cm³/mol. The molecule has 0 aliphatic carbocycles. The molecule has 1 fully saturated rings. The summed E-state index contributed by atoms with van der Waals surface area (Å²) in [5, 5.41) is 0. The van der Waals surface area contributed by atoms with Gasteiger partial charge in [-0.3, -0.25) is 4.79 Å². The van der Waals surface area contributed by atoms with Gasteiger partial charge in [-0.15, -0.1) is 0 Å². The molecule has 108 valence electrons. The van der Waals surface area contributed by atoms with Crippen LogP contribution >= 0.6 is 11.8 Å². The Morgan fingerprint density at radius 1 is 1.53 bits per heavy atom. The maximum absolute atomic E-state index is 11.8. The van der Waals surface area contributed by atoms with Crippen LogP contribution in [0.2, 0.25) is 0 Å². The van der Waals surface area contributed by atoms with Crippen LogP contribution in [0.3, 0.4) is 0 Å². The van der Waals surface area contributed by atoms with E-state index in [2.05, 4.69) is 6.58 Å². The number of carbonyl (C=O) groups excluding carboxylic acids is 2. The number of hydrogen-bond donors (Lipinski definition) is 0. The fourth-order valence-electron chi connectivity index (χ4n) is 1.67. The second-order valence-electron chi connectivity index (χ2n) is 4.40. The minimum atomic E-state index is -0.486. The van der Waals surface area contributed by atoms with Crippen molar-refractivity contribution >= 4 is 23.7 Å². The molecule has 1 aliphatic rings. The maximum atomic E-state index is 11.8. The number of thioether (sulfide) groups is 1. The summed E-state index contributed by atoms with van der Waals surface area (Å²) in [5.41, 5.74) is 0. The summed E-state index contributed by atoms with van der Waals surface area (Å²) in [6, 6.07) is 0. The van der Waals surface area contributed by atoms with E-state index >= 15 is 0 Å². The molecule has 0 radical (unpaired) electrons. The summed E-state index contributed by atoms with van der Waals surface area (Å²) >= 11 is 1.70. The van der Waals surface area contributed by atoms with E-state index in [0.717, 1.165) is 11.8 Å². The van der Waals surface area contributed by atoms with Gasteiger partial charge >= 0.3 is 11.9 Å². The Labute approximate surface area is 117 Å². The van der Waals surface area contributed by atoms with Gasteiger partial charge in [0.15, 0.2) is 0 Å². The van der Waals surface area contributed by atoms with E-state index in [1.54, 1.807) is 25.6 Å². The molecule has 1 aliphatic heterocycles. The molecule has 0 amide bonds. The van der Waals surface area contributed by atoms with Gasteiger partial charge in [0.25, 0.3) is 0 Å². The molecule has 0 saturated carbocycles. The van der Waals surface area contributed by atoms with Gasteiger partial charge in [-0.25, -0.2) is 4.79 Å². The van der Waals surface area contributed by atoms with Crippen LogP contribution < -0.4 is 0 Å². The fourth-order valence-corrected chi connectivity index (χ4v) is 2.41. The van der Waals surface area contributed by atoms with Crippen molar-refractivity contribution in [3.05, 3.63) is 12.7 Å². The first-order chi connectivity index (χ1) is 9.02. The van der Waals surface area contributed by atoms with E-state index in [-0.39, 0.29) is 18.0 Å². The normalized spacial score (nSPS) is 22.1. The number of rotatable bonds is 6. The van der Waals surface area contributed by atoms with E-state index < -0.39 is 12.3 Å². The summed E-state index contributed by atoms with van der Waals surface area (Å²) in [6.45, 7) is 7.40. The second-order valence-corrected chi connectivity index (χ2v) is 5.55. The lowest BCUT2D eigenvalue weighted by Gasteiger charge is -2.24. The maximum Gasteiger partial charge on any atom is 0.330 e. The Balaban J connectivity index is 2.30. The Kier molecular flexibility index (Phi) is 6.94. The van der Waals surface area contributed by atoms with Gasteiger partial charge in [-0.05, 0) is 13.3 Å². The van der Waals surface area contributed by atoms with Gasteiger partial charge in [0.05, 0.1) is 18.3 Å². The molecule has 0 spiro atoms. The Morgan fingerprint density at radius 3 is 2.84 bits per heavy atom. The number of esters is 2. The standard InChI is InChI=1S/C13H20O5S/c1-4-11(14)17-10(3)7-9(2)13(15)18-12-8-19-6-5-16-12/h4,9-10,12H,1,5-8H2,2-3H3. The van der Waals surface area contributed by atoms with Crippen LogP contribution in [0.4, 0.5) is 0 Å². The Morgan fingerprint density at radius 2 is 2.26 bits per heavy atom. The Bertz CT molecular complexity index is 325. The van der Waals surface area contributed by atoms with Crippen molar-refractivity contribution in [1.29, 1.82) is 0 Å². The quantitative estimate of drug-likeness (QED) is 0.548. The van der Waals surface area contributed by atoms with Crippen LogP contribution in [0, 0.1) is 5.92 Å². The molecule has 3 unspecified atom stereocenters. The molecule has 1 rings (SSSR count). The number of carbonyl (C=O) groups is 2. The molecule has 5 nitrogen and oxygen atoms in total. The molecule has 0 aromatic rings. The molecule has 1 saturated heterocycles. The molecular weight excluding hydrogens is 268 g/mol. The van der Waals surface area contributed by atoms with Crippen LogP contribution in [-0.2, 0) is 23.8 Å². The minimum absolute atomic E-state index is 0.325. The van der Waals surface area contributed by atoms with Crippen molar-refractivity contribution in [3.63, 3.8) is 0 Å². The van der Waals surface area contributed by atoms with Gasteiger partial charge in [0, 0.05) is 11.8 Å². The highest BCUT2D eigenvalue weighted by Crippen LogP contribution is 2.17. The first-order valence-corrected chi connectivity index (χ1v) is 7.41. The summed E-state index contributed by atoms with van der Waals surface area (Å²) in [4.78, 5) is 22.8. The van der Waals surface area contributed by atoms with E-state index in [0.29, 0.717) is 18.8 Å². The first-order valence-electron chi connectivity index (χ1n) is 6.25. The molecule has 1 heterocycles. The Hall–Kier alpha value is -1.01. The van der Waals surface area contributed by atoms with Crippen LogP contribution in [0.25, 0.3) is 0 Å². The smallest absolute Gasteiger partial charge is 0.330 e. The average Bonchev–Trinajstić information content (AvgIpc) is 2.39. The van der Waals surface area contributed by atoms with Crippen LogP contribution in [0.1, 0.15) is 20.3 Å². The molecule has 0 N–H and O–H groups in total. The van der Waals surface area contributed by atoms with Crippen molar-refractivity contribution in [2.24, 2.45) is 5.92 Å². The lowest BCUT2D eigenvalue weighted by atomic mass is 10.1. The molecule has 19 heavy (non-hydrogen) atoms. The largest absolute Gasteiger partial charge is 0.460 e. The third-order valence-electron chi connectivity index (χ3n) is 2.60. The second kappa shape index (κ2) is 8.22. The third kappa shape index (κ3) is 6.11. The monoisotopic (exact) mass is 288 g/mol. The zero-order chi connectivity index (χ0) is 14.3. The SMILES string of the molecule is C=CC(=O)OC(C)CC(C)C(=O)OC1CSCCO1. The van der Waals surface area contributed by atoms with Gasteiger partial charge in [-0.2, -0.15) is 11.8 Å². The highest BCUT2D eigenvalue weighted by molar-refractivity contribution is 7.99. The van der Waals surface area contributed by atoms with E-state index in [9.17, 15) is 9.59 Å². The van der Waals surface area contributed by atoms with Crippen molar-refractivity contribution < 1.29 is 23.8 Å². The van der Waals surface area contributed by atoms with Gasteiger partial charge in [-0.1, -0.05) is 13.5 Å². The minimum Gasteiger partial charge on any atom is -0.460 e. The van der Waals surface area contributed by atoms with Crippen LogP contribution in [0.5, 0.6) is 0 Å². The van der Waals surface area contributed by atoms with E-state index in [4.69, 9.17) is 14.2 Å². The van der Waals surface area contributed by atoms with Crippen molar-refractivity contribution in [1.82, 2.24) is 0 Å². The molecule has 6 heteroatoms. The van der Waals surface area contributed by atoms with Gasteiger partial charge in [0.2, 0.25) is 6.29 Å². The van der Waals surface area contributed by atoms with E-state index in [1.165, 1.54) is 0 Å².